The molecule has 0 N–H and O–H groups in total. The van der Waals surface area contributed by atoms with Crippen molar-refractivity contribution >= 4 is 65.4 Å². The van der Waals surface area contributed by atoms with E-state index >= 15 is 0 Å². The summed E-state index contributed by atoms with van der Waals surface area (Å²) in [5.41, 5.74) is 12.5. The van der Waals surface area contributed by atoms with Crippen molar-refractivity contribution in [2.45, 2.75) is 0 Å². The van der Waals surface area contributed by atoms with Crippen LogP contribution in [-0.4, -0.2) is 13.7 Å². The Kier molecular flexibility index (Phi) is 6.61. The number of fused-ring (bicyclic) bond motifs is 9. The first kappa shape index (κ1) is 30.7. The van der Waals surface area contributed by atoms with Crippen molar-refractivity contribution < 1.29 is 0 Å². The van der Waals surface area contributed by atoms with Gasteiger partial charge in [0, 0.05) is 49.4 Å². The SMILES string of the molecule is N#Cc1ccc2c3ccccc3n(-c3cccc(-c4ccc(-n5c6ccccc6c6ccc(-n7c8ccccc8c8ccccc87)cc65)cc4C#N)c3)c2c1. The first-order valence-corrected chi connectivity index (χ1v) is 18.3. The Labute approximate surface area is 316 Å². The summed E-state index contributed by atoms with van der Waals surface area (Å²) in [6, 6.07) is 65.9. The van der Waals surface area contributed by atoms with Gasteiger partial charge in [-0.1, -0.05) is 103 Å². The molecule has 0 fully saturated rings. The van der Waals surface area contributed by atoms with Gasteiger partial charge >= 0.3 is 0 Å². The minimum absolute atomic E-state index is 0.591. The van der Waals surface area contributed by atoms with E-state index in [9.17, 15) is 10.5 Å². The molecule has 5 heteroatoms. The van der Waals surface area contributed by atoms with Gasteiger partial charge in [0.05, 0.1) is 56.4 Å². The standard InChI is InChI=1S/C50H29N5/c51-30-32-20-23-43-41-14-3-7-18-47(41)54(49(43)26-32)35-11-9-10-33(27-35)38-24-21-36(28-34(38)31-52)55-48-19-8-4-15-42(48)44-25-22-37(29-50(44)55)53-45-16-5-1-12-39(45)40-13-2-6-17-46(40)53/h1-29H. The van der Waals surface area contributed by atoms with Gasteiger partial charge in [0.15, 0.2) is 0 Å². The lowest BCUT2D eigenvalue weighted by molar-refractivity contribution is 1.15. The molecule has 0 unspecified atom stereocenters. The van der Waals surface area contributed by atoms with E-state index in [4.69, 9.17) is 0 Å². The van der Waals surface area contributed by atoms with Crippen molar-refractivity contribution in [1.29, 1.82) is 10.5 Å². The molecule has 0 saturated heterocycles. The van der Waals surface area contributed by atoms with E-state index < -0.39 is 0 Å². The van der Waals surface area contributed by atoms with Crippen LogP contribution in [0, 0.1) is 22.7 Å². The lowest BCUT2D eigenvalue weighted by Crippen LogP contribution is -1.98. The van der Waals surface area contributed by atoms with Crippen molar-refractivity contribution in [3.63, 3.8) is 0 Å². The average Bonchev–Trinajstić information content (AvgIpc) is 3.88. The van der Waals surface area contributed by atoms with Crippen LogP contribution in [0.1, 0.15) is 11.1 Å². The molecule has 0 bridgehead atoms. The van der Waals surface area contributed by atoms with Crippen LogP contribution in [-0.2, 0) is 0 Å². The summed E-state index contributed by atoms with van der Waals surface area (Å²) in [6.07, 6.45) is 0. The van der Waals surface area contributed by atoms with Crippen LogP contribution in [0.25, 0.3) is 93.6 Å². The molecule has 11 rings (SSSR count). The monoisotopic (exact) mass is 699 g/mol. The molecule has 0 amide bonds. The Morgan fingerprint density at radius 2 is 0.782 bits per heavy atom. The van der Waals surface area contributed by atoms with Crippen molar-refractivity contribution in [2.75, 3.05) is 0 Å². The molecule has 8 aromatic carbocycles. The summed E-state index contributed by atoms with van der Waals surface area (Å²) in [5.74, 6) is 0. The number of hydrogen-bond acceptors (Lipinski definition) is 2. The molecule has 0 spiro atoms. The second-order valence-corrected chi connectivity index (χ2v) is 14.0. The first-order chi connectivity index (χ1) is 27.2. The highest BCUT2D eigenvalue weighted by molar-refractivity contribution is 6.12. The maximum absolute atomic E-state index is 10.7. The van der Waals surface area contributed by atoms with Gasteiger partial charge in [0.2, 0.25) is 0 Å². The fourth-order valence-electron chi connectivity index (χ4n) is 8.72. The third kappa shape index (κ3) is 4.51. The maximum atomic E-state index is 10.7. The molecule has 0 aliphatic heterocycles. The van der Waals surface area contributed by atoms with Gasteiger partial charge in [0.25, 0.3) is 0 Å². The molecular weight excluding hydrogens is 671 g/mol. The lowest BCUT2D eigenvalue weighted by atomic mass is 9.99. The summed E-state index contributed by atoms with van der Waals surface area (Å²) in [6.45, 7) is 0. The summed E-state index contributed by atoms with van der Waals surface area (Å²) < 4.78 is 6.84. The summed E-state index contributed by atoms with van der Waals surface area (Å²) in [4.78, 5) is 0. The molecule has 3 heterocycles. The van der Waals surface area contributed by atoms with Gasteiger partial charge in [-0.05, 0) is 83.9 Å². The Balaban J connectivity index is 1.09. The molecule has 55 heavy (non-hydrogen) atoms. The molecule has 0 atom stereocenters. The number of hydrogen-bond donors (Lipinski definition) is 0. The third-order valence-corrected chi connectivity index (χ3v) is 11.1. The second kappa shape index (κ2) is 11.8. The van der Waals surface area contributed by atoms with E-state index in [2.05, 4.69) is 159 Å². The summed E-state index contributed by atoms with van der Waals surface area (Å²) in [5, 5.41) is 27.4. The Hall–Kier alpha value is -7.86. The van der Waals surface area contributed by atoms with Crippen LogP contribution in [0.15, 0.2) is 176 Å². The average molecular weight is 700 g/mol. The van der Waals surface area contributed by atoms with Crippen LogP contribution in [0.5, 0.6) is 0 Å². The van der Waals surface area contributed by atoms with E-state index in [-0.39, 0.29) is 0 Å². The van der Waals surface area contributed by atoms with Crippen LogP contribution >= 0.6 is 0 Å². The van der Waals surface area contributed by atoms with Gasteiger partial charge < -0.3 is 13.7 Å². The fraction of sp³-hybridized carbons (Fsp3) is 0. The normalized spacial score (nSPS) is 11.6. The zero-order valence-electron chi connectivity index (χ0n) is 29.5. The smallest absolute Gasteiger partial charge is 0.0998 e. The van der Waals surface area contributed by atoms with Crippen LogP contribution in [0.2, 0.25) is 0 Å². The molecule has 5 nitrogen and oxygen atoms in total. The number of rotatable bonds is 4. The van der Waals surface area contributed by atoms with E-state index in [1.807, 2.05) is 42.5 Å². The minimum Gasteiger partial charge on any atom is -0.309 e. The van der Waals surface area contributed by atoms with Crippen LogP contribution in [0.3, 0.4) is 0 Å². The largest absolute Gasteiger partial charge is 0.309 e. The van der Waals surface area contributed by atoms with E-state index in [1.165, 1.54) is 10.8 Å². The van der Waals surface area contributed by atoms with E-state index in [0.717, 1.165) is 82.8 Å². The number of para-hydroxylation sites is 4. The zero-order chi connectivity index (χ0) is 36.6. The molecule has 0 aliphatic carbocycles. The summed E-state index contributed by atoms with van der Waals surface area (Å²) in [7, 11) is 0. The number of aromatic nitrogens is 3. The Bertz CT molecular complexity index is 3420. The van der Waals surface area contributed by atoms with Crippen LogP contribution < -0.4 is 0 Å². The molecule has 0 saturated carbocycles. The highest BCUT2D eigenvalue weighted by Gasteiger charge is 2.18. The molecular formula is C50H29N5. The van der Waals surface area contributed by atoms with Gasteiger partial charge in [0.1, 0.15) is 0 Å². The topological polar surface area (TPSA) is 62.4 Å². The minimum atomic E-state index is 0.591. The van der Waals surface area contributed by atoms with E-state index in [1.54, 1.807) is 0 Å². The van der Waals surface area contributed by atoms with E-state index in [0.29, 0.717) is 11.1 Å². The molecule has 3 aromatic heterocycles. The number of nitriles is 2. The zero-order valence-corrected chi connectivity index (χ0v) is 29.5. The summed E-state index contributed by atoms with van der Waals surface area (Å²) >= 11 is 0. The predicted octanol–water partition coefficient (Wildman–Crippen LogP) is 12.4. The van der Waals surface area contributed by atoms with Crippen molar-refractivity contribution in [3.05, 3.63) is 187 Å². The quantitative estimate of drug-likeness (QED) is 0.184. The van der Waals surface area contributed by atoms with Gasteiger partial charge in [-0.2, -0.15) is 10.5 Å². The maximum Gasteiger partial charge on any atom is 0.0998 e. The third-order valence-electron chi connectivity index (χ3n) is 11.1. The number of nitrogens with zero attached hydrogens (tertiary/aromatic N) is 5. The van der Waals surface area contributed by atoms with Gasteiger partial charge in [-0.25, -0.2) is 0 Å². The van der Waals surface area contributed by atoms with Crippen molar-refractivity contribution in [3.8, 4) is 40.3 Å². The molecule has 0 aliphatic rings. The number of benzene rings is 8. The Morgan fingerprint density at radius 3 is 1.35 bits per heavy atom. The molecule has 0 radical (unpaired) electrons. The fourth-order valence-corrected chi connectivity index (χ4v) is 8.72. The highest BCUT2D eigenvalue weighted by atomic mass is 15.0. The molecule has 11 aromatic rings. The highest BCUT2D eigenvalue weighted by Crippen LogP contribution is 2.39. The van der Waals surface area contributed by atoms with Crippen LogP contribution in [0.4, 0.5) is 0 Å². The second-order valence-electron chi connectivity index (χ2n) is 14.0. The van der Waals surface area contributed by atoms with Crippen molar-refractivity contribution in [1.82, 2.24) is 13.7 Å². The van der Waals surface area contributed by atoms with Gasteiger partial charge in [-0.15, -0.1) is 0 Å². The predicted molar refractivity (Wildman–Crippen MR) is 224 cm³/mol. The van der Waals surface area contributed by atoms with Gasteiger partial charge in [-0.3, -0.25) is 0 Å². The first-order valence-electron chi connectivity index (χ1n) is 18.3. The molecule has 254 valence electrons. The van der Waals surface area contributed by atoms with Crippen molar-refractivity contribution in [2.24, 2.45) is 0 Å². The Morgan fingerprint density at radius 1 is 0.327 bits per heavy atom. The lowest BCUT2D eigenvalue weighted by Gasteiger charge is -2.14.